The minimum atomic E-state index is -1.16. The first-order valence-corrected chi connectivity index (χ1v) is 9.09. The Morgan fingerprint density at radius 3 is 1.36 bits per heavy atom. The number of carboxylic acids is 1. The van der Waals surface area contributed by atoms with Crippen LogP contribution < -0.4 is 0 Å². The number of aliphatic carboxylic acids is 1. The Hall–Kier alpha value is 1.07. The van der Waals surface area contributed by atoms with E-state index in [4.69, 9.17) is 10.2 Å². The first-order chi connectivity index (χ1) is 10.2. The molecule has 3 nitrogen and oxygen atoms in total. The van der Waals surface area contributed by atoms with Crippen molar-refractivity contribution in [1.29, 1.82) is 0 Å². The van der Waals surface area contributed by atoms with E-state index in [0.717, 1.165) is 12.8 Å². The monoisotopic (exact) mass is 340 g/mol. The number of hydrogen-bond donors (Lipinski definition) is 2. The average Bonchev–Trinajstić information content (AvgIpc) is 2.47. The van der Waals surface area contributed by atoms with Crippen LogP contribution in [-0.4, -0.2) is 73.7 Å². The molecule has 0 aromatic rings. The Bertz CT molecular complexity index is 234. The third-order valence-corrected chi connectivity index (χ3v) is 4.12. The van der Waals surface area contributed by atoms with E-state index in [9.17, 15) is 4.79 Å². The molecule has 0 rings (SSSR count). The van der Waals surface area contributed by atoms with Gasteiger partial charge in [-0.3, -0.25) is 0 Å². The van der Waals surface area contributed by atoms with Gasteiger partial charge in [-0.1, -0.05) is 96.8 Å². The second-order valence-electron chi connectivity index (χ2n) is 6.24. The van der Waals surface area contributed by atoms with Gasteiger partial charge in [0.25, 0.3) is 0 Å². The minimum absolute atomic E-state index is 0. The summed E-state index contributed by atoms with van der Waals surface area (Å²) in [5.41, 5.74) is 0. The topological polar surface area (TPSA) is 57.5 Å². The zero-order chi connectivity index (χ0) is 15.8. The average molecular weight is 341 g/mol. The van der Waals surface area contributed by atoms with E-state index in [0.29, 0.717) is 6.42 Å². The quantitative estimate of drug-likeness (QED) is 0.317. The Kier molecular flexibility index (Phi) is 23.1. The van der Waals surface area contributed by atoms with Crippen LogP contribution in [0, 0.1) is 0 Å². The van der Waals surface area contributed by atoms with Crippen molar-refractivity contribution in [3.05, 3.63) is 0 Å². The van der Waals surface area contributed by atoms with Gasteiger partial charge in [0.1, 0.15) is 0 Å². The van der Waals surface area contributed by atoms with Gasteiger partial charge in [0.2, 0.25) is 0 Å². The second-order valence-corrected chi connectivity index (χ2v) is 6.24. The fraction of sp³-hybridized carbons (Fsp3) is 0.944. The molecular weight excluding hydrogens is 303 g/mol. The second kappa shape index (κ2) is 20.1. The zero-order valence-corrected chi connectivity index (χ0v) is 14.0. The molecule has 0 saturated heterocycles. The molecule has 1 atom stereocenters. The maximum absolute atomic E-state index is 10.4. The molecule has 0 aliphatic carbocycles. The van der Waals surface area contributed by atoms with Crippen molar-refractivity contribution in [3.63, 3.8) is 0 Å². The summed E-state index contributed by atoms with van der Waals surface area (Å²) in [4.78, 5) is 10.4. The first kappa shape index (κ1) is 25.3. The fourth-order valence-electron chi connectivity index (χ4n) is 2.66. The summed E-state index contributed by atoms with van der Waals surface area (Å²) >= 11 is 0. The van der Waals surface area contributed by atoms with Gasteiger partial charge in [-0.15, -0.1) is 0 Å². The molecule has 0 saturated carbocycles. The first-order valence-electron chi connectivity index (χ1n) is 9.09. The van der Waals surface area contributed by atoms with Crippen molar-refractivity contribution < 1.29 is 15.0 Å². The summed E-state index contributed by atoms with van der Waals surface area (Å²) < 4.78 is 0. The van der Waals surface area contributed by atoms with E-state index in [-0.39, 0.29) is 51.4 Å². The third kappa shape index (κ3) is 19.1. The molecule has 22 heavy (non-hydrogen) atoms. The van der Waals surface area contributed by atoms with Crippen LogP contribution in [0.25, 0.3) is 0 Å². The summed E-state index contributed by atoms with van der Waals surface area (Å²) in [6, 6.07) is 0. The number of carboxylic acid groups (broad SMARTS) is 1. The molecule has 0 bridgehead atoms. The number of aliphatic hydroxyl groups is 1. The van der Waals surface area contributed by atoms with Crippen molar-refractivity contribution in [1.82, 2.24) is 0 Å². The van der Waals surface area contributed by atoms with Gasteiger partial charge >= 0.3 is 57.4 Å². The van der Waals surface area contributed by atoms with Gasteiger partial charge in [-0.2, -0.15) is 0 Å². The van der Waals surface area contributed by atoms with Crippen molar-refractivity contribution in [2.45, 2.75) is 109 Å². The summed E-state index contributed by atoms with van der Waals surface area (Å²) in [7, 11) is 0. The third-order valence-electron chi connectivity index (χ3n) is 4.12. The Morgan fingerprint density at radius 2 is 1.05 bits per heavy atom. The number of aliphatic hydroxyl groups excluding tert-OH is 1. The van der Waals surface area contributed by atoms with Gasteiger partial charge in [0, 0.05) is 0 Å². The molecule has 128 valence electrons. The van der Waals surface area contributed by atoms with E-state index in [1.807, 2.05) is 0 Å². The molecule has 4 heteroatoms. The molecule has 0 radical (unpaired) electrons. The van der Waals surface area contributed by atoms with Gasteiger partial charge < -0.3 is 10.2 Å². The molecule has 0 amide bonds. The van der Waals surface area contributed by atoms with Crippen molar-refractivity contribution >= 4 is 57.4 Å². The molecule has 0 aliphatic rings. The van der Waals surface area contributed by atoms with Crippen LogP contribution in [0.1, 0.15) is 103 Å². The summed E-state index contributed by atoms with van der Waals surface area (Å²) in [5, 5.41) is 17.7. The standard InChI is InChI=1S/C18H36O3.K.H/c1-2-3-4-5-6-7-8-9-10-11-12-13-14-15-16-17(19)18(20)21;;/h17,19H,2-16H2,1H3,(H,20,21);;. The number of unbranched alkanes of at least 4 members (excludes halogenated alkanes) is 13. The molecule has 0 fully saturated rings. The van der Waals surface area contributed by atoms with E-state index in [1.54, 1.807) is 0 Å². The van der Waals surface area contributed by atoms with E-state index >= 15 is 0 Å². The van der Waals surface area contributed by atoms with Crippen LogP contribution in [0.4, 0.5) is 0 Å². The Balaban J connectivity index is 0. The van der Waals surface area contributed by atoms with Gasteiger partial charge in [-0.25, -0.2) is 4.79 Å². The van der Waals surface area contributed by atoms with Crippen LogP contribution in [0.3, 0.4) is 0 Å². The van der Waals surface area contributed by atoms with Gasteiger partial charge in [-0.05, 0) is 6.42 Å². The molecule has 0 heterocycles. The molecular formula is C18H37KO3. The number of carbonyl (C=O) groups is 1. The molecule has 0 spiro atoms. The van der Waals surface area contributed by atoms with E-state index in [2.05, 4.69) is 6.92 Å². The van der Waals surface area contributed by atoms with Crippen molar-refractivity contribution in [2.75, 3.05) is 0 Å². The van der Waals surface area contributed by atoms with Crippen LogP contribution in [0.5, 0.6) is 0 Å². The fourth-order valence-corrected chi connectivity index (χ4v) is 2.66. The van der Waals surface area contributed by atoms with E-state index < -0.39 is 12.1 Å². The number of hydrogen-bond acceptors (Lipinski definition) is 2. The molecule has 0 aromatic heterocycles. The summed E-state index contributed by atoms with van der Waals surface area (Å²) in [6.45, 7) is 2.26. The van der Waals surface area contributed by atoms with Crippen LogP contribution >= 0.6 is 0 Å². The predicted octanol–water partition coefficient (Wildman–Crippen LogP) is 4.65. The molecule has 0 aliphatic heterocycles. The van der Waals surface area contributed by atoms with Crippen molar-refractivity contribution in [2.24, 2.45) is 0 Å². The van der Waals surface area contributed by atoms with Crippen LogP contribution in [0.15, 0.2) is 0 Å². The summed E-state index contributed by atoms with van der Waals surface area (Å²) in [5.74, 6) is -1.09. The van der Waals surface area contributed by atoms with Gasteiger partial charge in [0.05, 0.1) is 0 Å². The normalized spacial score (nSPS) is 11.9. The van der Waals surface area contributed by atoms with E-state index in [1.165, 1.54) is 77.0 Å². The van der Waals surface area contributed by atoms with Gasteiger partial charge in [0.15, 0.2) is 6.10 Å². The van der Waals surface area contributed by atoms with Crippen LogP contribution in [0.2, 0.25) is 0 Å². The molecule has 1 unspecified atom stereocenters. The Labute approximate surface area is 180 Å². The predicted molar refractivity (Wildman–Crippen MR) is 95.7 cm³/mol. The maximum atomic E-state index is 10.4. The van der Waals surface area contributed by atoms with Crippen molar-refractivity contribution in [3.8, 4) is 0 Å². The SMILES string of the molecule is CCCCCCCCCCCCCCCCC(O)C(=O)O.[KH]. The van der Waals surface area contributed by atoms with Crippen LogP contribution in [-0.2, 0) is 4.79 Å². The molecule has 2 N–H and O–H groups in total. The zero-order valence-electron chi connectivity index (χ0n) is 14.0. The Morgan fingerprint density at radius 1 is 0.727 bits per heavy atom. The summed E-state index contributed by atoms with van der Waals surface area (Å²) in [6.07, 6.45) is 17.3. The molecule has 0 aromatic carbocycles. The number of rotatable bonds is 16.